The molecule has 0 aromatic rings. The number of esters is 1. The Morgan fingerprint density at radius 1 is 1.58 bits per heavy atom. The number of hydrogen-bond acceptors (Lipinski definition) is 4. The predicted octanol–water partition coefficient (Wildman–Crippen LogP) is 1.43. The molecule has 2 N–H and O–H groups in total. The summed E-state index contributed by atoms with van der Waals surface area (Å²) in [6.45, 7) is 8.00. The molecule has 1 saturated heterocycles. The fraction of sp³-hybridized carbons (Fsp3) is 0.667. The normalized spacial score (nSPS) is 36.2. The summed E-state index contributed by atoms with van der Waals surface area (Å²) in [5.74, 6) is -0.292. The molecule has 1 aliphatic carbocycles. The van der Waals surface area contributed by atoms with Gasteiger partial charge in [-0.1, -0.05) is 19.9 Å². The Morgan fingerprint density at radius 2 is 2.26 bits per heavy atom. The number of carbonyl (C=O) groups is 1. The van der Waals surface area contributed by atoms with E-state index in [0.717, 1.165) is 17.6 Å². The van der Waals surface area contributed by atoms with Crippen LogP contribution in [0.25, 0.3) is 0 Å². The molecule has 1 saturated carbocycles. The molecule has 106 valence electrons. The van der Waals surface area contributed by atoms with E-state index >= 15 is 0 Å². The first-order valence-electron chi connectivity index (χ1n) is 6.70. The van der Waals surface area contributed by atoms with E-state index in [1.165, 1.54) is 0 Å². The third-order valence-corrected chi connectivity index (χ3v) is 4.36. The lowest BCUT2D eigenvalue weighted by molar-refractivity contribution is -0.137. The van der Waals surface area contributed by atoms with Crippen molar-refractivity contribution >= 4 is 5.97 Å². The fourth-order valence-electron chi connectivity index (χ4n) is 3.23. The van der Waals surface area contributed by atoms with Gasteiger partial charge in [-0.05, 0) is 23.0 Å². The van der Waals surface area contributed by atoms with Crippen LogP contribution in [-0.4, -0.2) is 35.5 Å². The summed E-state index contributed by atoms with van der Waals surface area (Å²) < 4.78 is 4.97. The van der Waals surface area contributed by atoms with Gasteiger partial charge in [0, 0.05) is 11.8 Å². The van der Waals surface area contributed by atoms with Gasteiger partial charge in [-0.15, -0.1) is 6.58 Å². The van der Waals surface area contributed by atoms with Crippen LogP contribution in [0.4, 0.5) is 0 Å². The Labute approximate surface area is 113 Å². The van der Waals surface area contributed by atoms with Crippen molar-refractivity contribution in [2.24, 2.45) is 17.3 Å². The van der Waals surface area contributed by atoms with Gasteiger partial charge in [-0.2, -0.15) is 0 Å². The smallest absolute Gasteiger partial charge is 0.306 e. The second-order valence-electron chi connectivity index (χ2n) is 6.16. The van der Waals surface area contributed by atoms with Gasteiger partial charge < -0.3 is 14.9 Å². The van der Waals surface area contributed by atoms with Crippen LogP contribution in [0.1, 0.15) is 26.7 Å². The van der Waals surface area contributed by atoms with Gasteiger partial charge in [0.05, 0.1) is 25.7 Å². The maximum absolute atomic E-state index is 11.2. The first-order chi connectivity index (χ1) is 8.90. The minimum Gasteiger partial charge on any atom is -0.465 e. The Hall–Kier alpha value is -1.13. The minimum atomic E-state index is -0.603. The molecule has 0 amide bonds. The van der Waals surface area contributed by atoms with Crippen molar-refractivity contribution in [2.45, 2.75) is 32.8 Å². The second kappa shape index (κ2) is 5.10. The molecule has 0 spiro atoms. The van der Waals surface area contributed by atoms with Crippen molar-refractivity contribution in [3.8, 4) is 0 Å². The van der Waals surface area contributed by atoms with Crippen LogP contribution < -0.4 is 0 Å². The molecule has 2 aliphatic rings. The highest BCUT2D eigenvalue weighted by atomic mass is 16.5. The molecule has 0 radical (unpaired) electrons. The summed E-state index contributed by atoms with van der Waals surface area (Å²) in [4.78, 5) is 11.2. The molecule has 19 heavy (non-hydrogen) atoms. The van der Waals surface area contributed by atoms with Crippen LogP contribution in [-0.2, 0) is 9.53 Å². The van der Waals surface area contributed by atoms with E-state index in [2.05, 4.69) is 6.58 Å². The molecular weight excluding hydrogens is 244 g/mol. The third-order valence-electron chi connectivity index (χ3n) is 4.36. The van der Waals surface area contributed by atoms with Crippen LogP contribution in [0.2, 0.25) is 0 Å². The number of aliphatic hydroxyl groups excluding tert-OH is 2. The average Bonchev–Trinajstić information content (AvgIpc) is 2.87. The summed E-state index contributed by atoms with van der Waals surface area (Å²) in [7, 11) is 0. The molecule has 4 nitrogen and oxygen atoms in total. The summed E-state index contributed by atoms with van der Waals surface area (Å²) in [6.07, 6.45) is 2.31. The molecule has 0 aromatic carbocycles. The van der Waals surface area contributed by atoms with Crippen LogP contribution in [0.15, 0.2) is 23.8 Å². The van der Waals surface area contributed by atoms with E-state index in [4.69, 9.17) is 4.74 Å². The van der Waals surface area contributed by atoms with E-state index in [0.29, 0.717) is 6.61 Å². The van der Waals surface area contributed by atoms with Crippen molar-refractivity contribution in [3.05, 3.63) is 23.8 Å². The quantitative estimate of drug-likeness (QED) is 0.599. The highest BCUT2D eigenvalue weighted by Gasteiger charge is 2.45. The highest BCUT2D eigenvalue weighted by Crippen LogP contribution is 2.48. The van der Waals surface area contributed by atoms with Gasteiger partial charge in [0.2, 0.25) is 0 Å². The van der Waals surface area contributed by atoms with E-state index in [1.807, 2.05) is 19.9 Å². The van der Waals surface area contributed by atoms with Crippen molar-refractivity contribution < 1.29 is 19.7 Å². The fourth-order valence-corrected chi connectivity index (χ4v) is 3.23. The molecule has 1 aliphatic heterocycles. The van der Waals surface area contributed by atoms with E-state index < -0.39 is 6.10 Å². The third kappa shape index (κ3) is 2.47. The van der Waals surface area contributed by atoms with Crippen molar-refractivity contribution in [2.75, 3.05) is 13.2 Å². The molecule has 0 aromatic heterocycles. The molecule has 0 bridgehead atoms. The van der Waals surface area contributed by atoms with Gasteiger partial charge in [-0.25, -0.2) is 0 Å². The van der Waals surface area contributed by atoms with E-state index in [1.54, 1.807) is 0 Å². The molecule has 0 unspecified atom stereocenters. The zero-order valence-electron chi connectivity index (χ0n) is 11.6. The maximum atomic E-state index is 11.2. The minimum absolute atomic E-state index is 0.0582. The molecular formula is C15H22O4. The molecule has 2 rings (SSSR count). The number of hydrogen-bond donors (Lipinski definition) is 2. The van der Waals surface area contributed by atoms with Crippen LogP contribution >= 0.6 is 0 Å². The zero-order chi connectivity index (χ0) is 14.2. The van der Waals surface area contributed by atoms with Crippen molar-refractivity contribution in [1.29, 1.82) is 0 Å². The van der Waals surface area contributed by atoms with Crippen LogP contribution in [0.5, 0.6) is 0 Å². The lowest BCUT2D eigenvalue weighted by Crippen LogP contribution is -2.26. The average molecular weight is 266 g/mol. The van der Waals surface area contributed by atoms with Crippen molar-refractivity contribution in [3.63, 3.8) is 0 Å². The molecule has 1 heterocycles. The lowest BCUT2D eigenvalue weighted by atomic mass is 9.85. The van der Waals surface area contributed by atoms with Crippen LogP contribution in [0, 0.1) is 17.3 Å². The molecule has 3 atom stereocenters. The number of allylic oxidation sites excluding steroid dienone is 1. The standard InChI is InChI=1S/C15H22O4/c1-4-9-6-15(2,3)14(18)13(9)11(7-16)10-5-12(17)19-8-10/h4,9-10,14,16,18H,1,5-8H2,2-3H3/b13-11+/t9-,10-,14+/m1/s1. The Kier molecular flexibility index (Phi) is 3.83. The number of carbonyl (C=O) groups excluding carboxylic acids is 1. The molecule has 4 heteroatoms. The second-order valence-corrected chi connectivity index (χ2v) is 6.16. The first kappa shape index (κ1) is 14.3. The maximum Gasteiger partial charge on any atom is 0.306 e. The summed E-state index contributed by atoms with van der Waals surface area (Å²) >= 11 is 0. The number of cyclic esters (lactones) is 1. The number of ether oxygens (including phenoxy) is 1. The van der Waals surface area contributed by atoms with Gasteiger partial charge in [0.15, 0.2) is 0 Å². The van der Waals surface area contributed by atoms with Gasteiger partial charge in [-0.3, -0.25) is 4.79 Å². The largest absolute Gasteiger partial charge is 0.465 e. The van der Waals surface area contributed by atoms with Crippen LogP contribution in [0.3, 0.4) is 0 Å². The SMILES string of the molecule is C=C[C@@H]1CC(C)(C)[C@@H](O)/C1=C(\CO)[C@H]1COC(=O)C1. The Bertz CT molecular complexity index is 422. The predicted molar refractivity (Wildman–Crippen MR) is 71.3 cm³/mol. The monoisotopic (exact) mass is 266 g/mol. The summed E-state index contributed by atoms with van der Waals surface area (Å²) in [5.41, 5.74) is 1.36. The zero-order valence-corrected chi connectivity index (χ0v) is 11.6. The van der Waals surface area contributed by atoms with E-state index in [9.17, 15) is 15.0 Å². The van der Waals surface area contributed by atoms with Gasteiger partial charge in [0.1, 0.15) is 0 Å². The molecule has 2 fully saturated rings. The number of rotatable bonds is 3. The highest BCUT2D eigenvalue weighted by molar-refractivity contribution is 5.72. The Morgan fingerprint density at radius 3 is 2.74 bits per heavy atom. The first-order valence-corrected chi connectivity index (χ1v) is 6.70. The lowest BCUT2D eigenvalue weighted by Gasteiger charge is -2.24. The Balaban J connectivity index is 2.40. The van der Waals surface area contributed by atoms with Crippen molar-refractivity contribution in [1.82, 2.24) is 0 Å². The number of aliphatic hydroxyl groups is 2. The summed E-state index contributed by atoms with van der Waals surface area (Å²) in [5, 5.41) is 20.2. The summed E-state index contributed by atoms with van der Waals surface area (Å²) in [6, 6.07) is 0. The van der Waals surface area contributed by atoms with Gasteiger partial charge in [0.25, 0.3) is 0 Å². The van der Waals surface area contributed by atoms with E-state index in [-0.39, 0.29) is 36.2 Å². The van der Waals surface area contributed by atoms with Gasteiger partial charge >= 0.3 is 5.97 Å². The topological polar surface area (TPSA) is 66.8 Å².